The summed E-state index contributed by atoms with van der Waals surface area (Å²) >= 11 is 0. The van der Waals surface area contributed by atoms with E-state index in [-0.39, 0.29) is 11.7 Å². The van der Waals surface area contributed by atoms with Crippen molar-refractivity contribution in [3.63, 3.8) is 0 Å². The summed E-state index contributed by atoms with van der Waals surface area (Å²) < 4.78 is 5.46. The van der Waals surface area contributed by atoms with E-state index < -0.39 is 5.97 Å². The maximum atomic E-state index is 11.1. The molecule has 20 heavy (non-hydrogen) atoms. The van der Waals surface area contributed by atoms with E-state index in [2.05, 4.69) is 5.32 Å². The summed E-state index contributed by atoms with van der Waals surface area (Å²) in [6.07, 6.45) is 2.21. The molecule has 0 radical (unpaired) electrons. The van der Waals surface area contributed by atoms with Crippen LogP contribution >= 0.6 is 0 Å². The largest absolute Gasteiger partial charge is 0.478 e. The topological polar surface area (TPSA) is 84.6 Å². The molecular formula is C15H24N2O3. The van der Waals surface area contributed by atoms with Crippen molar-refractivity contribution >= 4 is 17.3 Å². The monoisotopic (exact) mass is 280 g/mol. The summed E-state index contributed by atoms with van der Waals surface area (Å²) in [5.41, 5.74) is 7.79. The Morgan fingerprint density at radius 1 is 1.40 bits per heavy atom. The molecule has 0 aliphatic rings. The number of hydrogen-bond acceptors (Lipinski definition) is 4. The predicted octanol–water partition coefficient (Wildman–Crippen LogP) is 2.89. The van der Waals surface area contributed by atoms with E-state index in [0.29, 0.717) is 5.69 Å². The minimum absolute atomic E-state index is 0.149. The summed E-state index contributed by atoms with van der Waals surface area (Å²) in [6.45, 7) is 7.37. The van der Waals surface area contributed by atoms with Crippen molar-refractivity contribution in [1.29, 1.82) is 0 Å². The second-order valence-corrected chi connectivity index (χ2v) is 5.11. The molecule has 0 aliphatic carbocycles. The molecule has 0 spiro atoms. The van der Waals surface area contributed by atoms with Crippen LogP contribution in [0.4, 0.5) is 11.4 Å². The molecule has 0 bridgehead atoms. The van der Waals surface area contributed by atoms with Gasteiger partial charge in [-0.3, -0.25) is 0 Å². The van der Waals surface area contributed by atoms with Crippen LogP contribution in [-0.4, -0.2) is 30.3 Å². The molecule has 0 aromatic heterocycles. The van der Waals surface area contributed by atoms with Gasteiger partial charge in [0, 0.05) is 24.5 Å². The van der Waals surface area contributed by atoms with Crippen molar-refractivity contribution in [2.75, 3.05) is 24.2 Å². The van der Waals surface area contributed by atoms with Crippen molar-refractivity contribution in [3.05, 3.63) is 23.3 Å². The highest BCUT2D eigenvalue weighted by Crippen LogP contribution is 2.22. The Hall–Kier alpha value is -1.75. The van der Waals surface area contributed by atoms with Gasteiger partial charge in [-0.1, -0.05) is 0 Å². The molecule has 0 saturated carbocycles. The highest BCUT2D eigenvalue weighted by Gasteiger charge is 2.11. The van der Waals surface area contributed by atoms with Crippen LogP contribution in [0.2, 0.25) is 0 Å². The Balaban J connectivity index is 2.46. The van der Waals surface area contributed by atoms with E-state index in [1.165, 1.54) is 0 Å². The lowest BCUT2D eigenvalue weighted by atomic mass is 10.1. The number of hydrogen-bond donors (Lipinski definition) is 3. The number of aryl methyl sites for hydroxylation is 1. The number of benzene rings is 1. The first-order valence-electron chi connectivity index (χ1n) is 6.90. The number of carboxylic acids is 1. The second-order valence-electron chi connectivity index (χ2n) is 5.11. The minimum Gasteiger partial charge on any atom is -0.478 e. The predicted molar refractivity (Wildman–Crippen MR) is 81.4 cm³/mol. The van der Waals surface area contributed by atoms with E-state index >= 15 is 0 Å². The van der Waals surface area contributed by atoms with Gasteiger partial charge in [0.2, 0.25) is 0 Å². The number of carbonyl (C=O) groups is 1. The zero-order valence-corrected chi connectivity index (χ0v) is 12.4. The quantitative estimate of drug-likeness (QED) is 0.503. The van der Waals surface area contributed by atoms with Gasteiger partial charge in [-0.25, -0.2) is 4.79 Å². The highest BCUT2D eigenvalue weighted by molar-refractivity contribution is 5.95. The third kappa shape index (κ3) is 5.09. The number of aromatic carboxylic acids is 1. The summed E-state index contributed by atoms with van der Waals surface area (Å²) in [5.74, 6) is -1.00. The van der Waals surface area contributed by atoms with Gasteiger partial charge in [0.25, 0.3) is 0 Å². The first kappa shape index (κ1) is 16.3. The number of rotatable bonds is 8. The fourth-order valence-electron chi connectivity index (χ4n) is 1.86. The maximum absolute atomic E-state index is 11.1. The summed E-state index contributed by atoms with van der Waals surface area (Å²) in [4.78, 5) is 11.1. The highest BCUT2D eigenvalue weighted by atomic mass is 16.5. The fourth-order valence-corrected chi connectivity index (χ4v) is 1.86. The van der Waals surface area contributed by atoms with Crippen LogP contribution in [-0.2, 0) is 4.74 Å². The third-order valence-electron chi connectivity index (χ3n) is 2.97. The van der Waals surface area contributed by atoms with Crippen molar-refractivity contribution < 1.29 is 14.6 Å². The Morgan fingerprint density at radius 2 is 2.10 bits per heavy atom. The standard InChI is InChI=1S/C15H24N2O3/c1-10(2)20-7-5-4-6-17-12-8-11(3)14(16)13(9-12)15(18)19/h8-10,17H,4-7,16H2,1-3H3,(H,18,19). The lowest BCUT2D eigenvalue weighted by Gasteiger charge is -2.12. The summed E-state index contributed by atoms with van der Waals surface area (Å²) in [7, 11) is 0. The van der Waals surface area contributed by atoms with Gasteiger partial charge in [0.1, 0.15) is 0 Å². The molecule has 0 unspecified atom stereocenters. The third-order valence-corrected chi connectivity index (χ3v) is 2.97. The van der Waals surface area contributed by atoms with Gasteiger partial charge < -0.3 is 20.9 Å². The average Bonchev–Trinajstić information content (AvgIpc) is 2.36. The first-order chi connectivity index (χ1) is 9.41. The number of nitrogens with one attached hydrogen (secondary N) is 1. The van der Waals surface area contributed by atoms with Crippen molar-refractivity contribution in [3.8, 4) is 0 Å². The van der Waals surface area contributed by atoms with Gasteiger partial charge in [-0.2, -0.15) is 0 Å². The van der Waals surface area contributed by atoms with Crippen LogP contribution in [0.25, 0.3) is 0 Å². The number of carboxylic acid groups (broad SMARTS) is 1. The zero-order valence-electron chi connectivity index (χ0n) is 12.4. The number of nitrogen functional groups attached to an aromatic ring is 1. The van der Waals surface area contributed by atoms with Crippen LogP contribution in [0.1, 0.15) is 42.6 Å². The average molecular weight is 280 g/mol. The molecule has 1 aromatic carbocycles. The molecule has 1 rings (SSSR count). The number of nitrogens with two attached hydrogens (primary N) is 1. The van der Waals surface area contributed by atoms with Crippen molar-refractivity contribution in [2.24, 2.45) is 0 Å². The van der Waals surface area contributed by atoms with Gasteiger partial charge >= 0.3 is 5.97 Å². The maximum Gasteiger partial charge on any atom is 0.337 e. The molecule has 0 amide bonds. The van der Waals surface area contributed by atoms with Crippen molar-refractivity contribution in [1.82, 2.24) is 0 Å². The van der Waals surface area contributed by atoms with Gasteiger partial charge in [-0.15, -0.1) is 0 Å². The van der Waals surface area contributed by atoms with E-state index in [4.69, 9.17) is 15.6 Å². The van der Waals surface area contributed by atoms with E-state index in [9.17, 15) is 4.79 Å². The van der Waals surface area contributed by atoms with Crippen LogP contribution < -0.4 is 11.1 Å². The van der Waals surface area contributed by atoms with E-state index in [1.807, 2.05) is 26.8 Å². The second kappa shape index (κ2) is 7.75. The molecule has 112 valence electrons. The molecule has 0 atom stereocenters. The number of anilines is 2. The Labute approximate surface area is 120 Å². The normalized spacial score (nSPS) is 10.8. The van der Waals surface area contributed by atoms with Gasteiger partial charge in [-0.05, 0) is 51.3 Å². The first-order valence-corrected chi connectivity index (χ1v) is 6.90. The van der Waals surface area contributed by atoms with Gasteiger partial charge in [0.05, 0.1) is 11.7 Å². The fraction of sp³-hybridized carbons (Fsp3) is 0.533. The van der Waals surface area contributed by atoms with Crippen LogP contribution in [0, 0.1) is 6.92 Å². The summed E-state index contributed by atoms with van der Waals surface area (Å²) in [5, 5.41) is 12.3. The van der Waals surface area contributed by atoms with Gasteiger partial charge in [0.15, 0.2) is 0 Å². The van der Waals surface area contributed by atoms with Crippen molar-refractivity contribution in [2.45, 2.75) is 39.7 Å². The molecule has 5 nitrogen and oxygen atoms in total. The number of unbranched alkanes of at least 4 members (excludes halogenated alkanes) is 1. The lowest BCUT2D eigenvalue weighted by Crippen LogP contribution is -2.09. The molecule has 5 heteroatoms. The molecule has 0 fully saturated rings. The lowest BCUT2D eigenvalue weighted by molar-refractivity contribution is 0.0697. The Kier molecular flexibility index (Phi) is 6.31. The molecular weight excluding hydrogens is 256 g/mol. The van der Waals surface area contributed by atoms with Crippen LogP contribution in [0.5, 0.6) is 0 Å². The minimum atomic E-state index is -1.00. The Morgan fingerprint density at radius 3 is 2.70 bits per heavy atom. The smallest absolute Gasteiger partial charge is 0.337 e. The van der Waals surface area contributed by atoms with Crippen LogP contribution in [0.3, 0.4) is 0 Å². The number of ether oxygens (including phenoxy) is 1. The van der Waals surface area contributed by atoms with E-state index in [0.717, 1.165) is 37.2 Å². The summed E-state index contributed by atoms with van der Waals surface area (Å²) in [6, 6.07) is 3.45. The molecule has 4 N–H and O–H groups in total. The Bertz CT molecular complexity index is 459. The van der Waals surface area contributed by atoms with E-state index in [1.54, 1.807) is 6.07 Å². The molecule has 1 aromatic rings. The molecule has 0 aliphatic heterocycles. The SMILES string of the molecule is Cc1cc(NCCCCOC(C)C)cc(C(=O)O)c1N. The van der Waals surface area contributed by atoms with Crippen LogP contribution in [0.15, 0.2) is 12.1 Å². The molecule has 0 saturated heterocycles. The zero-order chi connectivity index (χ0) is 15.1. The molecule has 0 heterocycles.